The average Bonchev–Trinajstić information content (AvgIpc) is 2.57. The van der Waals surface area contributed by atoms with E-state index in [0.29, 0.717) is 18.7 Å². The number of hydrogen-bond acceptors (Lipinski definition) is 3. The predicted molar refractivity (Wildman–Crippen MR) is 90.0 cm³/mol. The van der Waals surface area contributed by atoms with Crippen LogP contribution in [0.1, 0.15) is 24.2 Å². The molecule has 0 aliphatic rings. The van der Waals surface area contributed by atoms with Crippen molar-refractivity contribution >= 4 is 23.7 Å². The highest BCUT2D eigenvalue weighted by molar-refractivity contribution is 5.92. The normalized spacial score (nSPS) is 10.6. The molecular weight excluding hydrogens is 276 g/mol. The van der Waals surface area contributed by atoms with Gasteiger partial charge in [-0.05, 0) is 50.2 Å². The van der Waals surface area contributed by atoms with Gasteiger partial charge in [-0.2, -0.15) is 0 Å². The first-order chi connectivity index (χ1) is 10.8. The number of nitrogens with zero attached hydrogens (tertiary/aromatic N) is 2. The van der Waals surface area contributed by atoms with Crippen molar-refractivity contribution in [3.8, 4) is 0 Å². The molecule has 2 rings (SSSR count). The molecule has 22 heavy (non-hydrogen) atoms. The van der Waals surface area contributed by atoms with E-state index in [-0.39, 0.29) is 5.97 Å². The minimum absolute atomic E-state index is 0.303. The van der Waals surface area contributed by atoms with Gasteiger partial charge in [0.1, 0.15) is 0 Å². The van der Waals surface area contributed by atoms with Gasteiger partial charge in [-0.1, -0.05) is 18.2 Å². The molecule has 0 radical (unpaired) electrons. The van der Waals surface area contributed by atoms with Crippen LogP contribution >= 0.6 is 0 Å². The Morgan fingerprint density at radius 2 is 1.68 bits per heavy atom. The van der Waals surface area contributed by atoms with E-state index in [2.05, 4.69) is 4.99 Å². The molecule has 0 amide bonds. The molecule has 0 unspecified atom stereocenters. The quantitative estimate of drug-likeness (QED) is 0.459. The van der Waals surface area contributed by atoms with Crippen LogP contribution in [0.2, 0.25) is 0 Å². The summed E-state index contributed by atoms with van der Waals surface area (Å²) in [6.45, 7) is 4.87. The summed E-state index contributed by atoms with van der Waals surface area (Å²) in [4.78, 5) is 18.0. The number of benzene rings is 2. The van der Waals surface area contributed by atoms with Crippen LogP contribution in [-0.2, 0) is 4.74 Å². The number of carbonyl (C=O) groups is 1. The maximum atomic E-state index is 11.7. The number of aliphatic imine (C=N–C) groups is 1. The number of para-hydroxylation sites is 1. The van der Waals surface area contributed by atoms with Gasteiger partial charge in [0.15, 0.2) is 0 Å². The minimum Gasteiger partial charge on any atom is -0.462 e. The third-order valence-corrected chi connectivity index (χ3v) is 3.07. The number of esters is 1. The van der Waals surface area contributed by atoms with Crippen LogP contribution in [-0.4, -0.2) is 25.5 Å². The van der Waals surface area contributed by atoms with Crippen molar-refractivity contribution in [2.75, 3.05) is 18.1 Å². The molecule has 0 spiro atoms. The molecule has 0 saturated carbocycles. The lowest BCUT2D eigenvalue weighted by Gasteiger charge is -2.20. The second-order valence-electron chi connectivity index (χ2n) is 4.59. The molecule has 0 aromatic heterocycles. The Balaban J connectivity index is 2.28. The Morgan fingerprint density at radius 1 is 1.05 bits per heavy atom. The van der Waals surface area contributed by atoms with Gasteiger partial charge in [0.05, 0.1) is 18.5 Å². The molecule has 0 bridgehead atoms. The molecule has 114 valence electrons. The standard InChI is InChI=1S/C18H20N2O2/c1-3-19-14-20(16-8-6-5-7-9-16)17-12-10-15(11-13-17)18(21)22-4-2/h5-14H,3-4H2,1-2H3. The Bertz CT molecular complexity index is 621. The van der Waals surface area contributed by atoms with Crippen molar-refractivity contribution in [2.45, 2.75) is 13.8 Å². The van der Waals surface area contributed by atoms with Crippen LogP contribution in [0.15, 0.2) is 59.6 Å². The van der Waals surface area contributed by atoms with Gasteiger partial charge < -0.3 is 9.64 Å². The number of rotatable bonds is 6. The molecule has 4 heteroatoms. The Labute approximate surface area is 131 Å². The smallest absolute Gasteiger partial charge is 0.338 e. The van der Waals surface area contributed by atoms with Gasteiger partial charge in [0, 0.05) is 17.9 Å². The molecule has 2 aromatic rings. The summed E-state index contributed by atoms with van der Waals surface area (Å²) in [5.41, 5.74) is 2.51. The van der Waals surface area contributed by atoms with Crippen molar-refractivity contribution in [1.82, 2.24) is 0 Å². The van der Waals surface area contributed by atoms with E-state index in [1.165, 1.54) is 0 Å². The zero-order chi connectivity index (χ0) is 15.8. The molecule has 2 aromatic carbocycles. The molecule has 0 atom stereocenters. The number of ether oxygens (including phenoxy) is 1. The van der Waals surface area contributed by atoms with E-state index in [9.17, 15) is 4.79 Å². The van der Waals surface area contributed by atoms with E-state index in [4.69, 9.17) is 4.74 Å². The maximum Gasteiger partial charge on any atom is 0.338 e. The molecule has 0 fully saturated rings. The summed E-state index contributed by atoms with van der Waals surface area (Å²) in [7, 11) is 0. The average molecular weight is 296 g/mol. The van der Waals surface area contributed by atoms with Gasteiger partial charge >= 0.3 is 5.97 Å². The SMILES string of the molecule is CCN=CN(c1ccccc1)c1ccc(C(=O)OCC)cc1. The fraction of sp³-hybridized carbons (Fsp3) is 0.222. The Hall–Kier alpha value is -2.62. The van der Waals surface area contributed by atoms with Gasteiger partial charge in [-0.3, -0.25) is 4.99 Å². The van der Waals surface area contributed by atoms with Crippen LogP contribution in [0.25, 0.3) is 0 Å². The van der Waals surface area contributed by atoms with E-state index < -0.39 is 0 Å². The van der Waals surface area contributed by atoms with Crippen LogP contribution in [0.3, 0.4) is 0 Å². The first-order valence-electron chi connectivity index (χ1n) is 7.37. The van der Waals surface area contributed by atoms with Crippen LogP contribution in [0.4, 0.5) is 11.4 Å². The molecule has 4 nitrogen and oxygen atoms in total. The lowest BCUT2D eigenvalue weighted by Crippen LogP contribution is -2.15. The maximum absolute atomic E-state index is 11.7. The molecule has 0 aliphatic carbocycles. The summed E-state index contributed by atoms with van der Waals surface area (Å²) in [5.74, 6) is -0.303. The highest BCUT2D eigenvalue weighted by atomic mass is 16.5. The Morgan fingerprint density at radius 3 is 2.27 bits per heavy atom. The fourth-order valence-electron chi connectivity index (χ4n) is 2.01. The largest absolute Gasteiger partial charge is 0.462 e. The highest BCUT2D eigenvalue weighted by Gasteiger charge is 2.09. The molecule has 0 heterocycles. The summed E-state index contributed by atoms with van der Waals surface area (Å²) in [6.07, 6.45) is 1.80. The van der Waals surface area contributed by atoms with Crippen molar-refractivity contribution in [3.05, 3.63) is 60.2 Å². The van der Waals surface area contributed by atoms with Gasteiger partial charge in [-0.25, -0.2) is 4.79 Å². The van der Waals surface area contributed by atoms with E-state index in [0.717, 1.165) is 11.4 Å². The minimum atomic E-state index is -0.303. The summed E-state index contributed by atoms with van der Waals surface area (Å²) >= 11 is 0. The van der Waals surface area contributed by atoms with Crippen molar-refractivity contribution in [1.29, 1.82) is 0 Å². The van der Waals surface area contributed by atoms with Crippen molar-refractivity contribution < 1.29 is 9.53 Å². The fourth-order valence-corrected chi connectivity index (χ4v) is 2.01. The third-order valence-electron chi connectivity index (χ3n) is 3.07. The summed E-state index contributed by atoms with van der Waals surface area (Å²) < 4.78 is 5.00. The van der Waals surface area contributed by atoms with Gasteiger partial charge in [0.25, 0.3) is 0 Å². The van der Waals surface area contributed by atoms with E-state index in [1.54, 1.807) is 25.4 Å². The lowest BCUT2D eigenvalue weighted by molar-refractivity contribution is 0.0526. The van der Waals surface area contributed by atoms with Crippen molar-refractivity contribution in [3.63, 3.8) is 0 Å². The molecule has 0 saturated heterocycles. The highest BCUT2D eigenvalue weighted by Crippen LogP contribution is 2.24. The predicted octanol–water partition coefficient (Wildman–Crippen LogP) is 4.05. The van der Waals surface area contributed by atoms with Crippen molar-refractivity contribution in [2.24, 2.45) is 4.99 Å². The summed E-state index contributed by atoms with van der Waals surface area (Å²) in [6, 6.07) is 17.3. The zero-order valence-corrected chi connectivity index (χ0v) is 12.9. The molecule has 0 N–H and O–H groups in total. The lowest BCUT2D eigenvalue weighted by atomic mass is 10.2. The molecule has 0 aliphatic heterocycles. The van der Waals surface area contributed by atoms with E-state index >= 15 is 0 Å². The van der Waals surface area contributed by atoms with Gasteiger partial charge in [-0.15, -0.1) is 0 Å². The first-order valence-corrected chi connectivity index (χ1v) is 7.37. The number of anilines is 2. The monoisotopic (exact) mass is 296 g/mol. The van der Waals surface area contributed by atoms with E-state index in [1.807, 2.05) is 54.3 Å². The number of carbonyl (C=O) groups excluding carboxylic acids is 1. The Kier molecular flexibility index (Phi) is 5.72. The van der Waals surface area contributed by atoms with Crippen LogP contribution in [0.5, 0.6) is 0 Å². The number of hydrogen-bond donors (Lipinski definition) is 0. The zero-order valence-electron chi connectivity index (χ0n) is 12.9. The second-order valence-corrected chi connectivity index (χ2v) is 4.59. The summed E-state index contributed by atoms with van der Waals surface area (Å²) in [5, 5.41) is 0. The second kappa shape index (κ2) is 7.98. The van der Waals surface area contributed by atoms with Gasteiger partial charge in [0.2, 0.25) is 0 Å². The first kappa shape index (κ1) is 15.8. The third kappa shape index (κ3) is 3.95. The van der Waals surface area contributed by atoms with Crippen LogP contribution < -0.4 is 4.90 Å². The molecular formula is C18H20N2O2. The van der Waals surface area contributed by atoms with Crippen LogP contribution in [0, 0.1) is 0 Å². The topological polar surface area (TPSA) is 41.9 Å².